The van der Waals surface area contributed by atoms with E-state index in [1.54, 1.807) is 7.05 Å². The molecule has 0 spiro atoms. The largest absolute Gasteiger partial charge is 0.396 e. The maximum atomic E-state index is 11.8. The molecule has 0 aliphatic heterocycles. The van der Waals surface area contributed by atoms with Crippen molar-refractivity contribution in [1.82, 2.24) is 0 Å². The van der Waals surface area contributed by atoms with Crippen LogP contribution >= 0.6 is 11.3 Å². The fourth-order valence-electron chi connectivity index (χ4n) is 1.72. The summed E-state index contributed by atoms with van der Waals surface area (Å²) < 4.78 is 23.6. The molecule has 1 aromatic rings. The number of nitrogen functional groups attached to an aromatic ring is 1. The van der Waals surface area contributed by atoms with E-state index in [-0.39, 0.29) is 16.4 Å². The topological polar surface area (TPSA) is 80.5 Å². The minimum absolute atomic E-state index is 0.0768. The highest BCUT2D eigenvalue weighted by molar-refractivity contribution is 7.91. The van der Waals surface area contributed by atoms with Gasteiger partial charge in [0.25, 0.3) is 0 Å². The molecule has 5 nitrogen and oxygen atoms in total. The summed E-state index contributed by atoms with van der Waals surface area (Å²) in [6.45, 7) is 4.09. The Morgan fingerprint density at radius 3 is 2.39 bits per heavy atom. The van der Waals surface area contributed by atoms with E-state index in [1.165, 1.54) is 6.92 Å². The van der Waals surface area contributed by atoms with Crippen molar-refractivity contribution in [1.29, 1.82) is 0 Å². The number of thiophene rings is 1. The van der Waals surface area contributed by atoms with E-state index in [4.69, 9.17) is 5.73 Å². The normalized spacial score (nSPS) is 11.6. The zero-order chi connectivity index (χ0) is 14.1. The summed E-state index contributed by atoms with van der Waals surface area (Å²) in [5.74, 6) is -0.210. The number of Topliss-reactive ketones (excluding diaryl/α,β-unsaturated/α-hetero) is 1. The van der Waals surface area contributed by atoms with Gasteiger partial charge in [-0.25, -0.2) is 8.42 Å². The molecule has 0 saturated heterocycles. The van der Waals surface area contributed by atoms with Gasteiger partial charge in [0.15, 0.2) is 15.6 Å². The molecule has 1 aromatic heterocycles. The van der Waals surface area contributed by atoms with Crippen LogP contribution in [0.25, 0.3) is 0 Å². The number of anilines is 2. The van der Waals surface area contributed by atoms with E-state index in [0.717, 1.165) is 24.0 Å². The lowest BCUT2D eigenvalue weighted by Crippen LogP contribution is -2.19. The SMILES string of the molecule is CCCN(C)c1sc(C(C)=O)c(N)c1S(C)(=O)=O. The second kappa shape index (κ2) is 5.27. The van der Waals surface area contributed by atoms with Crippen LogP contribution in [-0.2, 0) is 9.84 Å². The Morgan fingerprint density at radius 2 is 2.00 bits per heavy atom. The summed E-state index contributed by atoms with van der Waals surface area (Å²) in [6.07, 6.45) is 1.99. The molecule has 0 atom stereocenters. The fraction of sp³-hybridized carbons (Fsp3) is 0.545. The van der Waals surface area contributed by atoms with Crippen LogP contribution in [0.4, 0.5) is 10.7 Å². The van der Waals surface area contributed by atoms with Gasteiger partial charge < -0.3 is 10.6 Å². The molecular formula is C11H18N2O3S2. The Labute approximate surface area is 112 Å². The molecule has 102 valence electrons. The van der Waals surface area contributed by atoms with E-state index < -0.39 is 9.84 Å². The summed E-state index contributed by atoms with van der Waals surface area (Å²) in [4.78, 5) is 13.7. The van der Waals surface area contributed by atoms with Crippen molar-refractivity contribution in [2.24, 2.45) is 0 Å². The molecule has 1 rings (SSSR count). The van der Waals surface area contributed by atoms with Gasteiger partial charge in [0, 0.05) is 26.8 Å². The molecule has 0 unspecified atom stereocenters. The van der Waals surface area contributed by atoms with Gasteiger partial charge in [0.05, 0.1) is 10.6 Å². The monoisotopic (exact) mass is 290 g/mol. The van der Waals surface area contributed by atoms with E-state index in [9.17, 15) is 13.2 Å². The zero-order valence-corrected chi connectivity index (χ0v) is 12.6. The van der Waals surface area contributed by atoms with Crippen molar-refractivity contribution >= 4 is 37.6 Å². The number of hydrogen-bond acceptors (Lipinski definition) is 6. The smallest absolute Gasteiger partial charge is 0.180 e. The van der Waals surface area contributed by atoms with E-state index in [2.05, 4.69) is 0 Å². The van der Waals surface area contributed by atoms with Crippen LogP contribution in [0.15, 0.2) is 4.90 Å². The van der Waals surface area contributed by atoms with Crippen LogP contribution in [0, 0.1) is 0 Å². The van der Waals surface area contributed by atoms with Crippen LogP contribution < -0.4 is 10.6 Å². The first kappa shape index (κ1) is 15.0. The van der Waals surface area contributed by atoms with Crippen molar-refractivity contribution in [3.05, 3.63) is 4.88 Å². The summed E-state index contributed by atoms with van der Waals surface area (Å²) in [7, 11) is -1.65. The molecule has 0 bridgehead atoms. The molecule has 0 saturated carbocycles. The summed E-state index contributed by atoms with van der Waals surface area (Å²) in [5, 5.41) is 0.544. The highest BCUT2D eigenvalue weighted by Gasteiger charge is 2.27. The van der Waals surface area contributed by atoms with Gasteiger partial charge in [-0.2, -0.15) is 0 Å². The van der Waals surface area contributed by atoms with Crippen molar-refractivity contribution < 1.29 is 13.2 Å². The van der Waals surface area contributed by atoms with E-state index in [0.29, 0.717) is 16.4 Å². The Hall–Kier alpha value is -1.08. The first-order valence-electron chi connectivity index (χ1n) is 5.54. The highest BCUT2D eigenvalue weighted by Crippen LogP contribution is 2.41. The molecular weight excluding hydrogens is 272 g/mol. The Morgan fingerprint density at radius 1 is 1.44 bits per heavy atom. The molecule has 2 N–H and O–H groups in total. The van der Waals surface area contributed by atoms with Crippen LogP contribution in [0.3, 0.4) is 0 Å². The van der Waals surface area contributed by atoms with Crippen molar-refractivity contribution in [3.8, 4) is 0 Å². The number of carbonyl (C=O) groups excluding carboxylic acids is 1. The third kappa shape index (κ3) is 2.84. The van der Waals surface area contributed by atoms with Crippen LogP contribution in [-0.4, -0.2) is 34.0 Å². The summed E-state index contributed by atoms with van der Waals surface area (Å²) >= 11 is 1.14. The third-order valence-corrected chi connectivity index (χ3v) is 5.18. The second-order valence-corrected chi connectivity index (χ2v) is 7.18. The summed E-state index contributed by atoms with van der Waals surface area (Å²) in [6, 6.07) is 0. The fourth-order valence-corrected chi connectivity index (χ4v) is 4.34. The molecule has 18 heavy (non-hydrogen) atoms. The number of sulfone groups is 1. The molecule has 0 amide bonds. The predicted molar refractivity (Wildman–Crippen MR) is 75.4 cm³/mol. The number of carbonyl (C=O) groups is 1. The van der Waals surface area contributed by atoms with Gasteiger partial charge >= 0.3 is 0 Å². The van der Waals surface area contributed by atoms with Gasteiger partial charge in [-0.3, -0.25) is 4.79 Å². The maximum Gasteiger partial charge on any atom is 0.180 e. The van der Waals surface area contributed by atoms with Crippen LogP contribution in [0.2, 0.25) is 0 Å². The average molecular weight is 290 g/mol. The van der Waals surface area contributed by atoms with Crippen molar-refractivity contribution in [2.75, 3.05) is 30.5 Å². The number of nitrogens with two attached hydrogens (primary N) is 1. The van der Waals surface area contributed by atoms with Crippen LogP contribution in [0.1, 0.15) is 29.9 Å². The minimum Gasteiger partial charge on any atom is -0.396 e. The van der Waals surface area contributed by atoms with E-state index >= 15 is 0 Å². The van der Waals surface area contributed by atoms with Gasteiger partial charge in [-0.05, 0) is 6.42 Å². The molecule has 7 heteroatoms. The lowest BCUT2D eigenvalue weighted by Gasteiger charge is -2.17. The second-order valence-electron chi connectivity index (χ2n) is 4.23. The standard InChI is InChI=1S/C11H18N2O3S2/c1-5-6-13(3)11-10(18(4,15)16)8(12)9(17-11)7(2)14/h5-6,12H2,1-4H3. The number of ketones is 1. The lowest BCUT2D eigenvalue weighted by atomic mass is 10.3. The zero-order valence-electron chi connectivity index (χ0n) is 11.0. The van der Waals surface area contributed by atoms with Gasteiger partial charge in [-0.15, -0.1) is 11.3 Å². The van der Waals surface area contributed by atoms with E-state index in [1.807, 2.05) is 11.8 Å². The first-order chi connectivity index (χ1) is 8.20. The summed E-state index contributed by atoms with van der Waals surface area (Å²) in [5.41, 5.74) is 5.89. The lowest BCUT2D eigenvalue weighted by molar-refractivity contribution is 0.102. The predicted octanol–water partition coefficient (Wildman–Crippen LogP) is 1.78. The van der Waals surface area contributed by atoms with Gasteiger partial charge in [-0.1, -0.05) is 6.92 Å². The number of rotatable bonds is 5. The minimum atomic E-state index is -3.45. The van der Waals surface area contributed by atoms with Crippen molar-refractivity contribution in [2.45, 2.75) is 25.2 Å². The Bertz CT molecular complexity index is 561. The molecule has 0 radical (unpaired) electrons. The first-order valence-corrected chi connectivity index (χ1v) is 8.25. The molecule has 0 aliphatic carbocycles. The van der Waals surface area contributed by atoms with Crippen LogP contribution in [0.5, 0.6) is 0 Å². The Balaban J connectivity index is 3.50. The quantitative estimate of drug-likeness (QED) is 0.836. The molecule has 0 aliphatic rings. The molecule has 0 fully saturated rings. The number of hydrogen-bond donors (Lipinski definition) is 1. The average Bonchev–Trinajstić information content (AvgIpc) is 2.55. The number of nitrogens with zero attached hydrogens (tertiary/aromatic N) is 1. The maximum absolute atomic E-state index is 11.8. The third-order valence-electron chi connectivity index (χ3n) is 2.48. The van der Waals surface area contributed by atoms with Gasteiger partial charge in [0.2, 0.25) is 0 Å². The molecule has 0 aromatic carbocycles. The molecule has 1 heterocycles. The van der Waals surface area contributed by atoms with Gasteiger partial charge in [0.1, 0.15) is 9.90 Å². The van der Waals surface area contributed by atoms with Crippen molar-refractivity contribution in [3.63, 3.8) is 0 Å². The Kier molecular flexibility index (Phi) is 4.39. The highest BCUT2D eigenvalue weighted by atomic mass is 32.2.